The number of aromatic nitrogens is 2. The van der Waals surface area contributed by atoms with E-state index in [9.17, 15) is 4.79 Å². The Morgan fingerprint density at radius 2 is 2.17 bits per heavy atom. The molecule has 0 unspecified atom stereocenters. The summed E-state index contributed by atoms with van der Waals surface area (Å²) in [5.41, 5.74) is -0.0824. The van der Waals surface area contributed by atoms with Crippen LogP contribution in [0, 0.1) is 0 Å². The van der Waals surface area contributed by atoms with Gasteiger partial charge in [0.1, 0.15) is 11.3 Å². The number of carbonyl (C=O) groups is 1. The smallest absolute Gasteiger partial charge is 0.341 e. The van der Waals surface area contributed by atoms with E-state index >= 15 is 0 Å². The first-order valence-electron chi connectivity index (χ1n) is 4.76. The van der Waals surface area contributed by atoms with Gasteiger partial charge >= 0.3 is 5.97 Å². The molecule has 0 aliphatic carbocycles. The number of hydrogen-bond acceptors (Lipinski definition) is 4. The van der Waals surface area contributed by atoms with Crippen LogP contribution in [0.25, 0.3) is 0 Å². The van der Waals surface area contributed by atoms with E-state index < -0.39 is 5.97 Å². The fourth-order valence-corrected chi connectivity index (χ4v) is 1.71. The number of hydrogen-bond donors (Lipinski definition) is 1. The maximum atomic E-state index is 11.0. The molecular formula is C11H6BrClN2O3. The molecule has 1 heterocycles. The van der Waals surface area contributed by atoms with Gasteiger partial charge in [0.15, 0.2) is 0 Å². The topological polar surface area (TPSA) is 72.3 Å². The number of nitrogens with zero attached hydrogens (tertiary/aromatic N) is 2. The Hall–Kier alpha value is -1.66. The van der Waals surface area contributed by atoms with E-state index in [2.05, 4.69) is 26.1 Å². The van der Waals surface area contributed by atoms with Crippen molar-refractivity contribution in [1.29, 1.82) is 0 Å². The first-order valence-corrected chi connectivity index (χ1v) is 5.93. The SMILES string of the molecule is O=C(O)c1ccnnc1Oc1cc(Br)ccc1Cl. The van der Waals surface area contributed by atoms with Crippen LogP contribution in [0.15, 0.2) is 34.9 Å². The Labute approximate surface area is 116 Å². The third kappa shape index (κ3) is 2.77. The molecule has 5 nitrogen and oxygen atoms in total. The molecule has 0 saturated heterocycles. The lowest BCUT2D eigenvalue weighted by atomic mass is 10.3. The highest BCUT2D eigenvalue weighted by molar-refractivity contribution is 9.10. The lowest BCUT2D eigenvalue weighted by molar-refractivity contribution is 0.0693. The van der Waals surface area contributed by atoms with Gasteiger partial charge in [-0.1, -0.05) is 27.5 Å². The number of rotatable bonds is 3. The fraction of sp³-hybridized carbons (Fsp3) is 0. The summed E-state index contributed by atoms with van der Waals surface area (Å²) in [6.07, 6.45) is 1.28. The summed E-state index contributed by atoms with van der Waals surface area (Å²) in [5.74, 6) is -0.954. The van der Waals surface area contributed by atoms with Crippen molar-refractivity contribution in [3.05, 3.63) is 45.5 Å². The number of ether oxygens (including phenoxy) is 1. The highest BCUT2D eigenvalue weighted by atomic mass is 79.9. The molecule has 2 aromatic rings. The average Bonchev–Trinajstić information content (AvgIpc) is 2.34. The molecular weight excluding hydrogens is 323 g/mol. The molecule has 0 amide bonds. The van der Waals surface area contributed by atoms with Gasteiger partial charge in [-0.3, -0.25) is 0 Å². The van der Waals surface area contributed by atoms with Crippen LogP contribution in [0.5, 0.6) is 11.6 Å². The van der Waals surface area contributed by atoms with Crippen LogP contribution in [0.1, 0.15) is 10.4 Å². The Bertz CT molecular complexity index is 607. The van der Waals surface area contributed by atoms with Gasteiger partial charge in [0.2, 0.25) is 0 Å². The normalized spacial score (nSPS) is 10.1. The minimum Gasteiger partial charge on any atom is -0.477 e. The molecule has 0 fully saturated rings. The van der Waals surface area contributed by atoms with Gasteiger partial charge in [-0.05, 0) is 24.3 Å². The number of aromatic carboxylic acids is 1. The third-order valence-electron chi connectivity index (χ3n) is 2.02. The molecule has 1 aromatic carbocycles. The predicted octanol–water partition coefficient (Wildman–Crippen LogP) is 3.38. The predicted molar refractivity (Wildman–Crippen MR) is 68.2 cm³/mol. The van der Waals surface area contributed by atoms with E-state index in [0.717, 1.165) is 4.47 Å². The molecule has 0 aliphatic heterocycles. The number of carboxylic acids is 1. The summed E-state index contributed by atoms with van der Waals surface area (Å²) >= 11 is 9.20. The Morgan fingerprint density at radius 3 is 2.89 bits per heavy atom. The highest BCUT2D eigenvalue weighted by Gasteiger charge is 2.15. The van der Waals surface area contributed by atoms with E-state index in [1.807, 2.05) is 0 Å². The third-order valence-corrected chi connectivity index (χ3v) is 2.82. The van der Waals surface area contributed by atoms with Crippen LogP contribution in [-0.2, 0) is 0 Å². The van der Waals surface area contributed by atoms with Gasteiger partial charge in [-0.2, -0.15) is 5.10 Å². The Kier molecular flexibility index (Phi) is 3.78. The highest BCUT2D eigenvalue weighted by Crippen LogP contribution is 2.32. The van der Waals surface area contributed by atoms with E-state index in [1.165, 1.54) is 12.3 Å². The molecule has 0 spiro atoms. The summed E-state index contributed by atoms with van der Waals surface area (Å²) < 4.78 is 6.12. The fourth-order valence-electron chi connectivity index (χ4n) is 1.22. The maximum absolute atomic E-state index is 11.0. The van der Waals surface area contributed by atoms with Crippen molar-refractivity contribution < 1.29 is 14.6 Å². The maximum Gasteiger partial charge on any atom is 0.341 e. The lowest BCUT2D eigenvalue weighted by Gasteiger charge is -2.08. The van der Waals surface area contributed by atoms with E-state index in [-0.39, 0.29) is 11.4 Å². The number of halogens is 2. The first kappa shape index (κ1) is 12.8. The summed E-state index contributed by atoms with van der Waals surface area (Å²) in [6, 6.07) is 6.28. The first-order chi connectivity index (χ1) is 8.58. The van der Waals surface area contributed by atoms with E-state index in [0.29, 0.717) is 10.8 Å². The van der Waals surface area contributed by atoms with Crippen molar-refractivity contribution in [2.45, 2.75) is 0 Å². The zero-order chi connectivity index (χ0) is 13.1. The Balaban J connectivity index is 2.40. The van der Waals surface area contributed by atoms with Crippen LogP contribution in [0.2, 0.25) is 5.02 Å². The van der Waals surface area contributed by atoms with Crippen LogP contribution in [-0.4, -0.2) is 21.3 Å². The largest absolute Gasteiger partial charge is 0.477 e. The van der Waals surface area contributed by atoms with Gasteiger partial charge in [0.05, 0.1) is 11.2 Å². The summed E-state index contributed by atoms with van der Waals surface area (Å²) in [4.78, 5) is 11.0. The molecule has 18 heavy (non-hydrogen) atoms. The van der Waals surface area contributed by atoms with Gasteiger partial charge in [0, 0.05) is 4.47 Å². The number of benzene rings is 1. The Morgan fingerprint density at radius 1 is 1.39 bits per heavy atom. The number of carboxylic acid groups (broad SMARTS) is 1. The van der Waals surface area contributed by atoms with Gasteiger partial charge in [-0.25, -0.2) is 4.79 Å². The minimum absolute atomic E-state index is 0.0824. The lowest BCUT2D eigenvalue weighted by Crippen LogP contribution is -2.03. The van der Waals surface area contributed by atoms with Crippen molar-refractivity contribution >= 4 is 33.5 Å². The molecule has 0 atom stereocenters. The van der Waals surface area contributed by atoms with Crippen molar-refractivity contribution in [3.63, 3.8) is 0 Å². The molecule has 1 aromatic heterocycles. The monoisotopic (exact) mass is 328 g/mol. The van der Waals surface area contributed by atoms with Gasteiger partial charge < -0.3 is 9.84 Å². The van der Waals surface area contributed by atoms with Crippen LogP contribution in [0.4, 0.5) is 0 Å². The summed E-state index contributed by atoms with van der Waals surface area (Å²) in [6.45, 7) is 0. The van der Waals surface area contributed by atoms with Crippen LogP contribution in [0.3, 0.4) is 0 Å². The molecule has 0 bridgehead atoms. The van der Waals surface area contributed by atoms with Crippen molar-refractivity contribution in [1.82, 2.24) is 10.2 Å². The van der Waals surface area contributed by atoms with Crippen molar-refractivity contribution in [3.8, 4) is 11.6 Å². The van der Waals surface area contributed by atoms with E-state index in [1.54, 1.807) is 18.2 Å². The molecule has 1 N–H and O–H groups in total. The zero-order valence-electron chi connectivity index (χ0n) is 8.80. The molecule has 2 rings (SSSR count). The second-order valence-corrected chi connectivity index (χ2v) is 4.55. The quantitative estimate of drug-likeness (QED) is 0.934. The van der Waals surface area contributed by atoms with Crippen LogP contribution < -0.4 is 4.74 Å². The summed E-state index contributed by atoms with van der Waals surface area (Å²) in [5, 5.41) is 16.5. The van der Waals surface area contributed by atoms with E-state index in [4.69, 9.17) is 21.4 Å². The van der Waals surface area contributed by atoms with Crippen molar-refractivity contribution in [2.24, 2.45) is 0 Å². The molecule has 0 saturated carbocycles. The standard InChI is InChI=1S/C11H6BrClN2O3/c12-6-1-2-8(13)9(5-6)18-10-7(11(16)17)3-4-14-15-10/h1-5H,(H,16,17). The molecule has 0 aliphatic rings. The van der Waals surface area contributed by atoms with Gasteiger partial charge in [-0.15, -0.1) is 5.10 Å². The van der Waals surface area contributed by atoms with Gasteiger partial charge in [0.25, 0.3) is 5.88 Å². The second kappa shape index (κ2) is 5.32. The van der Waals surface area contributed by atoms with Crippen LogP contribution >= 0.6 is 27.5 Å². The molecule has 92 valence electrons. The molecule has 0 radical (unpaired) electrons. The zero-order valence-corrected chi connectivity index (χ0v) is 11.1. The second-order valence-electron chi connectivity index (χ2n) is 3.23. The summed E-state index contributed by atoms with van der Waals surface area (Å²) in [7, 11) is 0. The molecule has 7 heteroatoms. The van der Waals surface area contributed by atoms with Crippen molar-refractivity contribution in [2.75, 3.05) is 0 Å². The minimum atomic E-state index is -1.15. The average molecular weight is 330 g/mol.